The van der Waals surface area contributed by atoms with Crippen LogP contribution in [0.1, 0.15) is 11.1 Å². The Morgan fingerprint density at radius 2 is 2.00 bits per heavy atom. The Morgan fingerprint density at radius 3 is 2.60 bits per heavy atom. The van der Waals surface area contributed by atoms with E-state index in [1.807, 2.05) is 0 Å². The summed E-state index contributed by atoms with van der Waals surface area (Å²) in [5, 5.41) is 0. The molecule has 0 fully saturated rings. The monoisotopic (exact) mass is 217 g/mol. The Labute approximate surface area is 87.0 Å². The van der Waals surface area contributed by atoms with Crippen molar-refractivity contribution >= 4 is 0 Å². The molecule has 5 heteroatoms. The molecule has 0 radical (unpaired) electrons. The van der Waals surface area contributed by atoms with Crippen molar-refractivity contribution in [2.45, 2.75) is 13.2 Å². The van der Waals surface area contributed by atoms with Crippen LogP contribution in [-0.2, 0) is 22.7 Å². The summed E-state index contributed by atoms with van der Waals surface area (Å²) in [4.78, 5) is 4.54. The second-order valence-electron chi connectivity index (χ2n) is 2.96. The zero-order chi connectivity index (χ0) is 11.3. The summed E-state index contributed by atoms with van der Waals surface area (Å²) in [5.41, 5.74) is 2.67. The summed E-state index contributed by atoms with van der Waals surface area (Å²) < 4.78 is 31.6. The number of nitrogens with one attached hydrogen (secondary N) is 1. The van der Waals surface area contributed by atoms with Crippen molar-refractivity contribution < 1.29 is 18.4 Å². The highest BCUT2D eigenvalue weighted by Gasteiger charge is 2.12. The molecule has 0 saturated heterocycles. The van der Waals surface area contributed by atoms with Crippen LogP contribution in [0.5, 0.6) is 0 Å². The van der Waals surface area contributed by atoms with Gasteiger partial charge in [-0.3, -0.25) is 0 Å². The highest BCUT2D eigenvalue weighted by molar-refractivity contribution is 5.27. The largest absolute Gasteiger partial charge is 0.380 e. The van der Waals surface area contributed by atoms with Crippen LogP contribution in [0.25, 0.3) is 0 Å². The van der Waals surface area contributed by atoms with Crippen molar-refractivity contribution in [1.82, 2.24) is 5.48 Å². The molecule has 0 bridgehead atoms. The standard InChI is InChI=1S/C10H13F2NO2/c1-14-6-7-3-4-9(11)8(10(7)12)5-13-15-2/h3-4,13H,5-6H2,1-2H3. The van der Waals surface area contributed by atoms with E-state index in [0.717, 1.165) is 0 Å². The number of rotatable bonds is 5. The van der Waals surface area contributed by atoms with Crippen molar-refractivity contribution in [2.24, 2.45) is 0 Å². The topological polar surface area (TPSA) is 30.5 Å². The number of benzene rings is 1. The van der Waals surface area contributed by atoms with Crippen molar-refractivity contribution in [2.75, 3.05) is 14.2 Å². The second-order valence-corrected chi connectivity index (χ2v) is 2.96. The number of ether oxygens (including phenoxy) is 1. The first-order valence-corrected chi connectivity index (χ1v) is 4.41. The Kier molecular flexibility index (Phi) is 4.61. The third kappa shape index (κ3) is 2.95. The summed E-state index contributed by atoms with van der Waals surface area (Å²) >= 11 is 0. The van der Waals surface area contributed by atoms with Gasteiger partial charge in [-0.2, -0.15) is 5.48 Å². The number of hydrogen-bond donors (Lipinski definition) is 1. The molecule has 0 saturated carbocycles. The van der Waals surface area contributed by atoms with Gasteiger partial charge in [-0.25, -0.2) is 8.78 Å². The molecule has 0 amide bonds. The van der Waals surface area contributed by atoms with Gasteiger partial charge in [-0.1, -0.05) is 6.07 Å². The third-order valence-corrected chi connectivity index (χ3v) is 1.96. The molecule has 0 aliphatic heterocycles. The minimum atomic E-state index is -0.600. The maximum atomic E-state index is 13.6. The van der Waals surface area contributed by atoms with Gasteiger partial charge in [-0.05, 0) is 6.07 Å². The van der Waals surface area contributed by atoms with E-state index in [2.05, 4.69) is 10.3 Å². The minimum Gasteiger partial charge on any atom is -0.380 e. The zero-order valence-electron chi connectivity index (χ0n) is 8.64. The van der Waals surface area contributed by atoms with Gasteiger partial charge in [0, 0.05) is 18.2 Å². The number of methoxy groups -OCH3 is 1. The first-order valence-electron chi connectivity index (χ1n) is 4.41. The quantitative estimate of drug-likeness (QED) is 0.762. The molecule has 0 aliphatic carbocycles. The Morgan fingerprint density at radius 1 is 1.27 bits per heavy atom. The van der Waals surface area contributed by atoms with Gasteiger partial charge in [0.05, 0.1) is 20.3 Å². The average molecular weight is 217 g/mol. The molecule has 1 aromatic carbocycles. The molecule has 1 rings (SSSR count). The lowest BCUT2D eigenvalue weighted by Crippen LogP contribution is -2.14. The van der Waals surface area contributed by atoms with E-state index in [1.165, 1.54) is 26.4 Å². The summed E-state index contributed by atoms with van der Waals surface area (Å²) in [7, 11) is 2.84. The van der Waals surface area contributed by atoms with Crippen molar-refractivity contribution in [3.63, 3.8) is 0 Å². The van der Waals surface area contributed by atoms with E-state index < -0.39 is 11.6 Å². The normalized spacial score (nSPS) is 10.7. The molecule has 0 unspecified atom stereocenters. The van der Waals surface area contributed by atoms with Crippen LogP contribution in [0.3, 0.4) is 0 Å². The van der Waals surface area contributed by atoms with Crippen LogP contribution in [0, 0.1) is 11.6 Å². The van der Waals surface area contributed by atoms with Gasteiger partial charge in [0.25, 0.3) is 0 Å². The van der Waals surface area contributed by atoms with E-state index in [1.54, 1.807) is 0 Å². The van der Waals surface area contributed by atoms with E-state index in [-0.39, 0.29) is 18.7 Å². The van der Waals surface area contributed by atoms with Crippen molar-refractivity contribution in [1.29, 1.82) is 0 Å². The predicted octanol–water partition coefficient (Wildman–Crippen LogP) is 1.76. The maximum Gasteiger partial charge on any atom is 0.136 e. The number of hydrogen-bond acceptors (Lipinski definition) is 3. The fourth-order valence-corrected chi connectivity index (χ4v) is 1.22. The van der Waals surface area contributed by atoms with Gasteiger partial charge < -0.3 is 9.57 Å². The molecular formula is C10H13F2NO2. The Bertz CT molecular complexity index is 331. The predicted molar refractivity (Wildman–Crippen MR) is 50.9 cm³/mol. The number of halogens is 2. The third-order valence-electron chi connectivity index (χ3n) is 1.96. The van der Waals surface area contributed by atoms with Crippen LogP contribution < -0.4 is 5.48 Å². The van der Waals surface area contributed by atoms with Crippen LogP contribution in [0.4, 0.5) is 8.78 Å². The number of hydroxylamine groups is 1. The molecule has 15 heavy (non-hydrogen) atoms. The Balaban J connectivity index is 2.95. The van der Waals surface area contributed by atoms with E-state index in [0.29, 0.717) is 5.56 Å². The highest BCUT2D eigenvalue weighted by Crippen LogP contribution is 2.17. The van der Waals surface area contributed by atoms with Crippen molar-refractivity contribution in [3.8, 4) is 0 Å². The lowest BCUT2D eigenvalue weighted by atomic mass is 10.1. The summed E-state index contributed by atoms with van der Waals surface area (Å²) in [6.07, 6.45) is 0. The van der Waals surface area contributed by atoms with E-state index in [9.17, 15) is 8.78 Å². The molecule has 84 valence electrons. The zero-order valence-corrected chi connectivity index (χ0v) is 8.64. The SMILES string of the molecule is COCc1ccc(F)c(CNOC)c1F. The molecule has 0 aromatic heterocycles. The second kappa shape index (κ2) is 5.75. The first-order chi connectivity index (χ1) is 7.20. The molecule has 0 atom stereocenters. The smallest absolute Gasteiger partial charge is 0.136 e. The van der Waals surface area contributed by atoms with Crippen molar-refractivity contribution in [3.05, 3.63) is 34.9 Å². The van der Waals surface area contributed by atoms with Gasteiger partial charge in [-0.15, -0.1) is 0 Å². The Hall–Kier alpha value is -1.04. The van der Waals surface area contributed by atoms with E-state index in [4.69, 9.17) is 4.74 Å². The van der Waals surface area contributed by atoms with Crippen LogP contribution in [-0.4, -0.2) is 14.2 Å². The molecule has 0 aliphatic rings. The van der Waals surface area contributed by atoms with E-state index >= 15 is 0 Å². The molecule has 1 N–H and O–H groups in total. The summed E-state index contributed by atoms with van der Waals surface area (Å²) in [6, 6.07) is 2.58. The molecule has 0 heterocycles. The maximum absolute atomic E-state index is 13.6. The average Bonchev–Trinajstić information content (AvgIpc) is 2.22. The fourth-order valence-electron chi connectivity index (χ4n) is 1.22. The van der Waals surface area contributed by atoms with Gasteiger partial charge in [0.2, 0.25) is 0 Å². The van der Waals surface area contributed by atoms with Gasteiger partial charge in [0.1, 0.15) is 11.6 Å². The summed E-state index contributed by atoms with van der Waals surface area (Å²) in [5.74, 6) is -1.20. The molecule has 1 aromatic rings. The molecule has 0 spiro atoms. The van der Waals surface area contributed by atoms with Crippen LogP contribution in [0.15, 0.2) is 12.1 Å². The van der Waals surface area contributed by atoms with Crippen LogP contribution in [0.2, 0.25) is 0 Å². The minimum absolute atomic E-state index is 0.0221. The molecular weight excluding hydrogens is 204 g/mol. The highest BCUT2D eigenvalue weighted by atomic mass is 19.1. The lowest BCUT2D eigenvalue weighted by molar-refractivity contribution is 0.0848. The summed E-state index contributed by atoms with van der Waals surface area (Å²) in [6.45, 7) is 0.0951. The van der Waals surface area contributed by atoms with Crippen LogP contribution >= 0.6 is 0 Å². The molecule has 3 nitrogen and oxygen atoms in total. The first kappa shape index (κ1) is 12.0. The van der Waals surface area contributed by atoms with Gasteiger partial charge in [0.15, 0.2) is 0 Å². The lowest BCUT2D eigenvalue weighted by Gasteiger charge is -2.09. The van der Waals surface area contributed by atoms with Gasteiger partial charge >= 0.3 is 0 Å². The fraction of sp³-hybridized carbons (Fsp3) is 0.400.